The highest BCUT2D eigenvalue weighted by atomic mass is 16.3. The molecular weight excluding hydrogens is 268 g/mol. The summed E-state index contributed by atoms with van der Waals surface area (Å²) in [6, 6.07) is 0. The Hall–Kier alpha value is -1.17. The third-order valence-corrected chi connectivity index (χ3v) is 4.63. The Labute approximate surface area is 126 Å². The minimum Gasteiger partial charge on any atom is -0.506 e. The summed E-state index contributed by atoms with van der Waals surface area (Å²) in [5.41, 5.74) is 1.58. The number of nitrogens with zero attached hydrogens (tertiary/aromatic N) is 1. The summed E-state index contributed by atoms with van der Waals surface area (Å²) in [5, 5.41) is 32.8. The molecule has 0 radical (unpaired) electrons. The lowest BCUT2D eigenvalue weighted by molar-refractivity contribution is 0.0978. The van der Waals surface area contributed by atoms with Crippen molar-refractivity contribution in [2.45, 2.75) is 58.2 Å². The number of pyridine rings is 1. The van der Waals surface area contributed by atoms with E-state index in [1.165, 1.54) is 6.42 Å². The zero-order chi connectivity index (χ0) is 15.5. The van der Waals surface area contributed by atoms with Crippen LogP contribution in [0.4, 0.5) is 0 Å². The number of aliphatic hydroxyl groups excluding tert-OH is 2. The van der Waals surface area contributed by atoms with Crippen LogP contribution in [0.5, 0.6) is 5.75 Å². The summed E-state index contributed by atoms with van der Waals surface area (Å²) < 4.78 is 0. The first-order valence-corrected chi connectivity index (χ1v) is 7.64. The van der Waals surface area contributed by atoms with E-state index in [2.05, 4.69) is 17.2 Å². The van der Waals surface area contributed by atoms with E-state index < -0.39 is 0 Å². The zero-order valence-electron chi connectivity index (χ0n) is 12.9. The maximum atomic E-state index is 10.2. The summed E-state index contributed by atoms with van der Waals surface area (Å²) in [6.07, 6.45) is 5.77. The van der Waals surface area contributed by atoms with Crippen molar-refractivity contribution >= 4 is 0 Å². The summed E-state index contributed by atoms with van der Waals surface area (Å²) in [7, 11) is 0. The van der Waals surface area contributed by atoms with Crippen LogP contribution in [0.2, 0.25) is 0 Å². The van der Waals surface area contributed by atoms with Gasteiger partial charge >= 0.3 is 0 Å². The second kappa shape index (κ2) is 6.73. The number of aryl methyl sites for hydroxylation is 1. The molecule has 1 heterocycles. The Morgan fingerprint density at radius 2 is 2.19 bits per heavy atom. The topological polar surface area (TPSA) is 85.6 Å². The van der Waals surface area contributed by atoms with Crippen LogP contribution in [-0.2, 0) is 13.2 Å². The minimum atomic E-state index is -0.284. The standard InChI is InChI=1S/C16H26N2O3/c1-11-4-3-5-16(6-11,10-20)18-8-14-13(9-19)7-17-12(2)15(14)21/h7,11,18-21H,3-6,8-10H2,1-2H3. The van der Waals surface area contributed by atoms with Gasteiger partial charge in [-0.05, 0) is 25.7 Å². The van der Waals surface area contributed by atoms with Crippen molar-refractivity contribution in [3.63, 3.8) is 0 Å². The second-order valence-corrected chi connectivity index (χ2v) is 6.35. The molecule has 2 rings (SSSR count). The van der Waals surface area contributed by atoms with E-state index in [9.17, 15) is 15.3 Å². The lowest BCUT2D eigenvalue weighted by Crippen LogP contribution is -2.51. The van der Waals surface area contributed by atoms with Gasteiger partial charge in [-0.3, -0.25) is 4.98 Å². The molecule has 1 aliphatic carbocycles. The number of aromatic hydroxyl groups is 1. The van der Waals surface area contributed by atoms with Gasteiger partial charge in [0.2, 0.25) is 0 Å². The van der Waals surface area contributed by atoms with E-state index in [4.69, 9.17) is 0 Å². The second-order valence-electron chi connectivity index (χ2n) is 6.35. The molecule has 0 aliphatic heterocycles. The van der Waals surface area contributed by atoms with E-state index in [-0.39, 0.29) is 24.5 Å². The number of hydrogen-bond donors (Lipinski definition) is 4. The Balaban J connectivity index is 2.16. The van der Waals surface area contributed by atoms with E-state index in [1.807, 2.05) is 0 Å². The third kappa shape index (κ3) is 3.54. The molecule has 5 nitrogen and oxygen atoms in total. The number of rotatable bonds is 5. The average molecular weight is 294 g/mol. The van der Waals surface area contributed by atoms with Crippen LogP contribution in [0.1, 0.15) is 49.4 Å². The number of hydrogen-bond acceptors (Lipinski definition) is 5. The summed E-state index contributed by atoms with van der Waals surface area (Å²) >= 11 is 0. The van der Waals surface area contributed by atoms with Crippen LogP contribution in [0.3, 0.4) is 0 Å². The zero-order valence-corrected chi connectivity index (χ0v) is 12.9. The summed E-state index contributed by atoms with van der Waals surface area (Å²) in [5.74, 6) is 0.717. The van der Waals surface area contributed by atoms with Crippen LogP contribution >= 0.6 is 0 Å². The van der Waals surface area contributed by atoms with Gasteiger partial charge in [-0.1, -0.05) is 19.8 Å². The van der Waals surface area contributed by atoms with Gasteiger partial charge in [0.15, 0.2) is 0 Å². The van der Waals surface area contributed by atoms with Gasteiger partial charge in [0, 0.05) is 29.4 Å². The quantitative estimate of drug-likeness (QED) is 0.663. The smallest absolute Gasteiger partial charge is 0.141 e. The fraction of sp³-hybridized carbons (Fsp3) is 0.688. The van der Waals surface area contributed by atoms with Gasteiger partial charge in [-0.2, -0.15) is 0 Å². The number of nitrogens with one attached hydrogen (secondary N) is 1. The molecule has 0 saturated heterocycles. The molecule has 118 valence electrons. The Bertz CT molecular complexity index is 493. The Morgan fingerprint density at radius 1 is 1.43 bits per heavy atom. The van der Waals surface area contributed by atoms with Crippen molar-refractivity contribution in [2.24, 2.45) is 5.92 Å². The van der Waals surface area contributed by atoms with E-state index in [0.717, 1.165) is 19.3 Å². The predicted octanol–water partition coefficient (Wildman–Crippen LogP) is 1.62. The van der Waals surface area contributed by atoms with E-state index >= 15 is 0 Å². The molecule has 0 amide bonds. The molecule has 1 fully saturated rings. The highest BCUT2D eigenvalue weighted by molar-refractivity contribution is 5.40. The molecule has 0 aromatic carbocycles. The lowest BCUT2D eigenvalue weighted by Gasteiger charge is -2.40. The number of aliphatic hydroxyl groups is 2. The van der Waals surface area contributed by atoms with Crippen LogP contribution in [0.25, 0.3) is 0 Å². The van der Waals surface area contributed by atoms with Gasteiger partial charge in [-0.25, -0.2) is 0 Å². The van der Waals surface area contributed by atoms with E-state index in [0.29, 0.717) is 29.3 Å². The van der Waals surface area contributed by atoms with Crippen LogP contribution in [0, 0.1) is 12.8 Å². The fourth-order valence-electron chi connectivity index (χ4n) is 3.31. The molecule has 1 aliphatic rings. The molecule has 1 aromatic rings. The van der Waals surface area contributed by atoms with E-state index in [1.54, 1.807) is 13.1 Å². The molecule has 1 saturated carbocycles. The van der Waals surface area contributed by atoms with Crippen LogP contribution in [0.15, 0.2) is 6.20 Å². The van der Waals surface area contributed by atoms with Gasteiger partial charge in [0.1, 0.15) is 5.75 Å². The fourth-order valence-corrected chi connectivity index (χ4v) is 3.31. The molecule has 0 spiro atoms. The maximum Gasteiger partial charge on any atom is 0.141 e. The van der Waals surface area contributed by atoms with Gasteiger partial charge in [0.05, 0.1) is 18.9 Å². The van der Waals surface area contributed by atoms with Crippen LogP contribution < -0.4 is 5.32 Å². The first-order valence-electron chi connectivity index (χ1n) is 7.64. The minimum absolute atomic E-state index is 0.0939. The maximum absolute atomic E-state index is 10.2. The monoisotopic (exact) mass is 294 g/mol. The molecule has 5 heteroatoms. The SMILES string of the molecule is Cc1ncc(CO)c(CNC2(CO)CCCC(C)C2)c1O. The predicted molar refractivity (Wildman–Crippen MR) is 80.9 cm³/mol. The van der Waals surface area contributed by atoms with Crippen molar-refractivity contribution in [3.05, 3.63) is 23.0 Å². The Kier molecular flexibility index (Phi) is 5.19. The molecular formula is C16H26N2O3. The molecule has 1 aromatic heterocycles. The molecule has 21 heavy (non-hydrogen) atoms. The molecule has 2 unspecified atom stereocenters. The summed E-state index contributed by atoms with van der Waals surface area (Å²) in [4.78, 5) is 4.07. The normalized spacial score (nSPS) is 26.0. The van der Waals surface area contributed by atoms with Crippen molar-refractivity contribution in [2.75, 3.05) is 6.61 Å². The molecule has 0 bridgehead atoms. The first-order chi connectivity index (χ1) is 10.0. The van der Waals surface area contributed by atoms with Crippen molar-refractivity contribution in [1.29, 1.82) is 0 Å². The van der Waals surface area contributed by atoms with Gasteiger partial charge in [-0.15, -0.1) is 0 Å². The van der Waals surface area contributed by atoms with Crippen molar-refractivity contribution in [3.8, 4) is 5.75 Å². The van der Waals surface area contributed by atoms with Gasteiger partial charge < -0.3 is 20.6 Å². The van der Waals surface area contributed by atoms with Crippen molar-refractivity contribution < 1.29 is 15.3 Å². The van der Waals surface area contributed by atoms with Gasteiger partial charge in [0.25, 0.3) is 0 Å². The third-order valence-electron chi connectivity index (χ3n) is 4.63. The first kappa shape index (κ1) is 16.2. The Morgan fingerprint density at radius 3 is 2.81 bits per heavy atom. The largest absolute Gasteiger partial charge is 0.506 e. The number of aromatic nitrogens is 1. The average Bonchev–Trinajstić information content (AvgIpc) is 2.48. The van der Waals surface area contributed by atoms with Crippen molar-refractivity contribution in [1.82, 2.24) is 10.3 Å². The molecule has 2 atom stereocenters. The summed E-state index contributed by atoms with van der Waals surface area (Å²) in [6.45, 7) is 4.32. The molecule has 4 N–H and O–H groups in total. The lowest BCUT2D eigenvalue weighted by atomic mass is 9.76. The van der Waals surface area contributed by atoms with Crippen LogP contribution in [-0.4, -0.2) is 32.4 Å². The highest BCUT2D eigenvalue weighted by Crippen LogP contribution is 2.33. The highest BCUT2D eigenvalue weighted by Gasteiger charge is 2.34.